The SMILES string of the molecule is COc1ccc2c(c1)sc1c3ccccc3sc21. The van der Waals surface area contributed by atoms with Crippen LogP contribution in [0.3, 0.4) is 0 Å². The van der Waals surface area contributed by atoms with Crippen LogP contribution in [-0.2, 0) is 0 Å². The van der Waals surface area contributed by atoms with Crippen molar-refractivity contribution in [3.8, 4) is 5.75 Å². The molecule has 0 atom stereocenters. The molecule has 0 fully saturated rings. The van der Waals surface area contributed by atoms with E-state index in [1.54, 1.807) is 7.11 Å². The third-order valence-electron chi connectivity index (χ3n) is 3.20. The second-order valence-electron chi connectivity index (χ2n) is 4.22. The molecule has 2 heterocycles. The highest BCUT2D eigenvalue weighted by Gasteiger charge is 2.11. The Morgan fingerprint density at radius 3 is 2.39 bits per heavy atom. The fourth-order valence-corrected chi connectivity index (χ4v) is 4.99. The van der Waals surface area contributed by atoms with Gasteiger partial charge in [0.1, 0.15) is 5.75 Å². The lowest BCUT2D eigenvalue weighted by Crippen LogP contribution is -1.79. The van der Waals surface area contributed by atoms with Crippen molar-refractivity contribution in [3.05, 3.63) is 42.5 Å². The molecule has 1 nitrogen and oxygen atoms in total. The largest absolute Gasteiger partial charge is 0.497 e. The number of benzene rings is 2. The van der Waals surface area contributed by atoms with E-state index in [1.165, 1.54) is 29.6 Å². The summed E-state index contributed by atoms with van der Waals surface area (Å²) in [5.74, 6) is 0.931. The molecule has 3 heteroatoms. The summed E-state index contributed by atoms with van der Waals surface area (Å²) in [5.41, 5.74) is 0. The maximum Gasteiger partial charge on any atom is 0.120 e. The Balaban J connectivity index is 2.18. The predicted octanol–water partition coefficient (Wildman–Crippen LogP) is 5.28. The quantitative estimate of drug-likeness (QED) is 0.457. The molecular weight excluding hydrogens is 260 g/mol. The molecule has 0 spiro atoms. The minimum Gasteiger partial charge on any atom is -0.497 e. The van der Waals surface area contributed by atoms with Crippen LogP contribution in [0.2, 0.25) is 0 Å². The van der Waals surface area contributed by atoms with E-state index in [0.717, 1.165) is 5.75 Å². The summed E-state index contributed by atoms with van der Waals surface area (Å²) >= 11 is 3.74. The van der Waals surface area contributed by atoms with Gasteiger partial charge in [-0.1, -0.05) is 18.2 Å². The van der Waals surface area contributed by atoms with E-state index in [4.69, 9.17) is 4.74 Å². The molecule has 0 aliphatic rings. The zero-order chi connectivity index (χ0) is 12.1. The highest BCUT2D eigenvalue weighted by molar-refractivity contribution is 7.36. The summed E-state index contributed by atoms with van der Waals surface area (Å²) < 4.78 is 10.8. The molecule has 0 N–H and O–H groups in total. The fraction of sp³-hybridized carbons (Fsp3) is 0.0667. The lowest BCUT2D eigenvalue weighted by atomic mass is 10.2. The van der Waals surface area contributed by atoms with E-state index in [9.17, 15) is 0 Å². The van der Waals surface area contributed by atoms with Gasteiger partial charge in [-0.25, -0.2) is 0 Å². The van der Waals surface area contributed by atoms with Crippen LogP contribution in [-0.4, -0.2) is 7.11 Å². The van der Waals surface area contributed by atoms with Gasteiger partial charge in [0.25, 0.3) is 0 Å². The molecular formula is C15H10OS2. The van der Waals surface area contributed by atoms with Gasteiger partial charge in [-0.15, -0.1) is 22.7 Å². The summed E-state index contributed by atoms with van der Waals surface area (Å²) in [4.78, 5) is 0. The smallest absolute Gasteiger partial charge is 0.120 e. The van der Waals surface area contributed by atoms with Crippen LogP contribution in [0.1, 0.15) is 0 Å². The van der Waals surface area contributed by atoms with E-state index in [1.807, 2.05) is 28.7 Å². The van der Waals surface area contributed by atoms with Gasteiger partial charge in [0.15, 0.2) is 0 Å². The summed E-state index contributed by atoms with van der Waals surface area (Å²) in [5, 5.41) is 2.72. The van der Waals surface area contributed by atoms with Gasteiger partial charge in [-0.2, -0.15) is 0 Å². The van der Waals surface area contributed by atoms with Gasteiger partial charge in [-0.05, 0) is 24.3 Å². The Bertz CT molecular complexity index is 870. The molecule has 0 saturated carbocycles. The maximum atomic E-state index is 5.29. The third-order valence-corrected chi connectivity index (χ3v) is 5.71. The van der Waals surface area contributed by atoms with Gasteiger partial charge >= 0.3 is 0 Å². The molecule has 0 bridgehead atoms. The molecule has 88 valence electrons. The van der Waals surface area contributed by atoms with Crippen molar-refractivity contribution in [2.45, 2.75) is 0 Å². The summed E-state index contributed by atoms with van der Waals surface area (Å²) in [6.07, 6.45) is 0. The minimum atomic E-state index is 0.931. The molecule has 0 saturated heterocycles. The Hall–Kier alpha value is -1.58. The second-order valence-corrected chi connectivity index (χ2v) is 6.33. The minimum absolute atomic E-state index is 0.931. The Morgan fingerprint density at radius 2 is 1.56 bits per heavy atom. The van der Waals surface area contributed by atoms with Gasteiger partial charge in [0.2, 0.25) is 0 Å². The lowest BCUT2D eigenvalue weighted by molar-refractivity contribution is 0.415. The van der Waals surface area contributed by atoms with Gasteiger partial charge in [0.05, 0.1) is 16.5 Å². The van der Waals surface area contributed by atoms with E-state index in [2.05, 4.69) is 36.4 Å². The normalized spacial score (nSPS) is 11.6. The Labute approximate surface area is 112 Å². The number of ether oxygens (including phenoxy) is 1. The van der Waals surface area contributed by atoms with Crippen molar-refractivity contribution in [1.82, 2.24) is 0 Å². The first-order valence-corrected chi connectivity index (χ1v) is 7.38. The van der Waals surface area contributed by atoms with Crippen LogP contribution in [0, 0.1) is 0 Å². The Morgan fingerprint density at radius 1 is 0.833 bits per heavy atom. The fourth-order valence-electron chi connectivity index (χ4n) is 2.31. The average Bonchev–Trinajstić information content (AvgIpc) is 2.93. The monoisotopic (exact) mass is 270 g/mol. The van der Waals surface area contributed by atoms with Crippen LogP contribution in [0.15, 0.2) is 42.5 Å². The molecule has 0 unspecified atom stereocenters. The zero-order valence-electron chi connectivity index (χ0n) is 9.77. The molecule has 2 aromatic heterocycles. The van der Waals surface area contributed by atoms with Crippen molar-refractivity contribution >= 4 is 52.2 Å². The summed E-state index contributed by atoms with van der Waals surface area (Å²) in [6, 6.07) is 15.0. The highest BCUT2D eigenvalue weighted by atomic mass is 32.1. The number of hydrogen-bond acceptors (Lipinski definition) is 3. The summed E-state index contributed by atoms with van der Waals surface area (Å²) in [6.45, 7) is 0. The van der Waals surface area contributed by atoms with Crippen LogP contribution in [0.5, 0.6) is 5.75 Å². The summed E-state index contributed by atoms with van der Waals surface area (Å²) in [7, 11) is 1.71. The van der Waals surface area contributed by atoms with Crippen molar-refractivity contribution in [3.63, 3.8) is 0 Å². The van der Waals surface area contributed by atoms with E-state index < -0.39 is 0 Å². The molecule has 4 rings (SSSR count). The first-order valence-electron chi connectivity index (χ1n) is 5.74. The number of fused-ring (bicyclic) bond motifs is 5. The highest BCUT2D eigenvalue weighted by Crippen LogP contribution is 2.44. The number of methoxy groups -OCH3 is 1. The van der Waals surface area contributed by atoms with Gasteiger partial charge in [-0.3, -0.25) is 0 Å². The molecule has 0 radical (unpaired) electrons. The topological polar surface area (TPSA) is 9.23 Å². The van der Waals surface area contributed by atoms with E-state index >= 15 is 0 Å². The van der Waals surface area contributed by atoms with Crippen LogP contribution >= 0.6 is 22.7 Å². The molecule has 0 aliphatic heterocycles. The van der Waals surface area contributed by atoms with Crippen LogP contribution in [0.4, 0.5) is 0 Å². The first-order chi connectivity index (χ1) is 8.86. The Kier molecular flexibility index (Phi) is 2.13. The maximum absolute atomic E-state index is 5.29. The van der Waals surface area contributed by atoms with E-state index in [-0.39, 0.29) is 0 Å². The second kappa shape index (κ2) is 3.70. The standard InChI is InChI=1S/C15H10OS2/c1-16-9-6-7-11-13(8-9)18-14-10-4-2-3-5-12(10)17-15(11)14/h2-8H,1H3. The van der Waals surface area contributed by atoms with Crippen molar-refractivity contribution in [1.29, 1.82) is 0 Å². The zero-order valence-corrected chi connectivity index (χ0v) is 11.4. The predicted molar refractivity (Wildman–Crippen MR) is 81.3 cm³/mol. The van der Waals surface area contributed by atoms with Crippen molar-refractivity contribution in [2.24, 2.45) is 0 Å². The average molecular weight is 270 g/mol. The first kappa shape index (κ1) is 10.4. The number of thiophene rings is 2. The lowest BCUT2D eigenvalue weighted by Gasteiger charge is -1.97. The van der Waals surface area contributed by atoms with Gasteiger partial charge in [0, 0.05) is 20.2 Å². The number of hydrogen-bond donors (Lipinski definition) is 0. The van der Waals surface area contributed by atoms with Crippen LogP contribution < -0.4 is 4.74 Å². The van der Waals surface area contributed by atoms with Gasteiger partial charge < -0.3 is 4.74 Å². The molecule has 0 aliphatic carbocycles. The molecule has 0 amide bonds. The van der Waals surface area contributed by atoms with Crippen molar-refractivity contribution in [2.75, 3.05) is 7.11 Å². The number of rotatable bonds is 1. The van der Waals surface area contributed by atoms with E-state index in [0.29, 0.717) is 0 Å². The molecule has 2 aromatic carbocycles. The third kappa shape index (κ3) is 1.32. The van der Waals surface area contributed by atoms with Crippen molar-refractivity contribution < 1.29 is 4.74 Å². The molecule has 18 heavy (non-hydrogen) atoms. The molecule has 4 aromatic rings. The van der Waals surface area contributed by atoms with Crippen LogP contribution in [0.25, 0.3) is 29.6 Å².